The summed E-state index contributed by atoms with van der Waals surface area (Å²) < 4.78 is 32.0. The Hall–Kier alpha value is -0.320. The second-order valence-corrected chi connectivity index (χ2v) is 11.4. The zero-order chi connectivity index (χ0) is 23.5. The van der Waals surface area contributed by atoms with Gasteiger partial charge in [0.25, 0.3) is 0 Å². The van der Waals surface area contributed by atoms with E-state index < -0.39 is 24.3 Å². The van der Waals surface area contributed by atoms with Crippen LogP contribution in [-0.4, -0.2) is 83.3 Å². The molecule has 14 atom stereocenters. The van der Waals surface area contributed by atoms with Crippen LogP contribution in [-0.2, 0) is 23.7 Å². The molecule has 5 fully saturated rings. The van der Waals surface area contributed by atoms with E-state index in [0.29, 0.717) is 19.4 Å². The van der Waals surface area contributed by atoms with E-state index in [1.54, 1.807) is 0 Å². The predicted molar refractivity (Wildman–Crippen MR) is 118 cm³/mol. The molecule has 5 aliphatic heterocycles. The second-order valence-electron chi connectivity index (χ2n) is 11.4. The van der Waals surface area contributed by atoms with Gasteiger partial charge in [0.15, 0.2) is 12.1 Å². The SMILES string of the molecule is C[C@H]1C[C@@H](CO)[C@H](O)O[C@@H]2C[C@@H]3O[C@@H]4[C@@H](C)[C@H](C)[C@@]5(CCCO5)O[C@H]4[C@@H](O)[C@H](C)[C@H]3O[C@H]2C1. The first-order valence-corrected chi connectivity index (χ1v) is 13.0. The van der Waals surface area contributed by atoms with Gasteiger partial charge in [-0.15, -0.1) is 0 Å². The van der Waals surface area contributed by atoms with Crippen molar-refractivity contribution < 1.29 is 39.0 Å². The Morgan fingerprint density at radius 3 is 2.24 bits per heavy atom. The average Bonchev–Trinajstić information content (AvgIpc) is 3.23. The fourth-order valence-electron chi connectivity index (χ4n) is 7.06. The summed E-state index contributed by atoms with van der Waals surface area (Å²) in [6, 6.07) is 0. The zero-order valence-electron chi connectivity index (χ0n) is 20.3. The summed E-state index contributed by atoms with van der Waals surface area (Å²) in [5, 5.41) is 31.8. The number of hydrogen-bond donors (Lipinski definition) is 3. The lowest BCUT2D eigenvalue weighted by atomic mass is 9.76. The largest absolute Gasteiger partial charge is 0.396 e. The summed E-state index contributed by atoms with van der Waals surface area (Å²) in [7, 11) is 0. The van der Waals surface area contributed by atoms with Crippen LogP contribution in [0.25, 0.3) is 0 Å². The number of aliphatic hydroxyl groups excluding tert-OH is 3. The van der Waals surface area contributed by atoms with Crippen LogP contribution in [0.4, 0.5) is 0 Å². The minimum Gasteiger partial charge on any atom is -0.396 e. The van der Waals surface area contributed by atoms with Crippen molar-refractivity contribution in [1.29, 1.82) is 0 Å². The topological polar surface area (TPSA) is 107 Å². The van der Waals surface area contributed by atoms with E-state index in [2.05, 4.69) is 20.8 Å². The second kappa shape index (κ2) is 9.28. The Balaban J connectivity index is 1.40. The predicted octanol–water partition coefficient (Wildman–Crippen LogP) is 1.83. The van der Waals surface area contributed by atoms with Crippen LogP contribution in [0.2, 0.25) is 0 Å². The van der Waals surface area contributed by atoms with E-state index >= 15 is 0 Å². The third-order valence-corrected chi connectivity index (χ3v) is 9.27. The molecule has 8 nitrogen and oxygen atoms in total. The molecule has 5 heterocycles. The van der Waals surface area contributed by atoms with E-state index in [4.69, 9.17) is 23.7 Å². The van der Waals surface area contributed by atoms with Crippen LogP contribution in [0, 0.1) is 29.6 Å². The molecule has 33 heavy (non-hydrogen) atoms. The van der Waals surface area contributed by atoms with E-state index in [1.165, 1.54) is 0 Å². The zero-order valence-corrected chi connectivity index (χ0v) is 20.3. The van der Waals surface area contributed by atoms with Gasteiger partial charge in [-0.1, -0.05) is 27.7 Å². The number of aliphatic hydroxyl groups is 3. The van der Waals surface area contributed by atoms with Crippen molar-refractivity contribution in [3.05, 3.63) is 0 Å². The summed E-state index contributed by atoms with van der Waals surface area (Å²) in [6.45, 7) is 9.06. The standard InChI is InChI=1S/C25H42O8/c1-12-8-16(11-26)24(28)32-18-10-19-21(30-17(18)9-12)14(3)20(27)23-22(31-19)13(2)15(4)25(33-23)6-5-7-29-25/h12-24,26-28H,5-11H2,1-4H3/t12-,13-,14-,15-,16-,17-,18+,19-,20-,21+,22+,23-,24+,25+/m0/s1. The summed E-state index contributed by atoms with van der Waals surface area (Å²) in [6.07, 6.45) is 0.304. The number of rotatable bonds is 1. The van der Waals surface area contributed by atoms with Crippen LogP contribution in [0.3, 0.4) is 0 Å². The third-order valence-electron chi connectivity index (χ3n) is 9.27. The van der Waals surface area contributed by atoms with Crippen LogP contribution in [0.5, 0.6) is 0 Å². The van der Waals surface area contributed by atoms with Crippen molar-refractivity contribution in [1.82, 2.24) is 0 Å². The maximum absolute atomic E-state index is 11.5. The average molecular weight is 471 g/mol. The molecule has 0 aromatic carbocycles. The van der Waals surface area contributed by atoms with Gasteiger partial charge in [0.1, 0.15) is 6.10 Å². The Labute approximate surface area is 196 Å². The molecule has 0 aliphatic carbocycles. The highest BCUT2D eigenvalue weighted by atomic mass is 16.7. The molecule has 1 spiro atoms. The summed E-state index contributed by atoms with van der Waals surface area (Å²) >= 11 is 0. The molecule has 3 N–H and O–H groups in total. The van der Waals surface area contributed by atoms with Crippen molar-refractivity contribution in [3.63, 3.8) is 0 Å². The van der Waals surface area contributed by atoms with E-state index in [1.807, 2.05) is 6.92 Å². The maximum Gasteiger partial charge on any atom is 0.171 e. The number of fused-ring (bicyclic) bond motifs is 3. The molecule has 0 saturated carbocycles. The Bertz CT molecular complexity index is 683. The lowest BCUT2D eigenvalue weighted by molar-refractivity contribution is -0.339. The van der Waals surface area contributed by atoms with Crippen LogP contribution >= 0.6 is 0 Å². The molecule has 0 amide bonds. The van der Waals surface area contributed by atoms with Crippen molar-refractivity contribution in [2.24, 2.45) is 29.6 Å². The molecule has 0 radical (unpaired) electrons. The Morgan fingerprint density at radius 2 is 1.55 bits per heavy atom. The van der Waals surface area contributed by atoms with Crippen LogP contribution in [0.1, 0.15) is 59.8 Å². The van der Waals surface area contributed by atoms with Gasteiger partial charge in [-0.05, 0) is 31.1 Å². The van der Waals surface area contributed by atoms with Gasteiger partial charge >= 0.3 is 0 Å². The molecule has 8 heteroatoms. The van der Waals surface area contributed by atoms with Crippen LogP contribution in [0.15, 0.2) is 0 Å². The molecule has 0 bridgehead atoms. The maximum atomic E-state index is 11.5. The third kappa shape index (κ3) is 4.18. The number of ether oxygens (including phenoxy) is 5. The van der Waals surface area contributed by atoms with Crippen molar-refractivity contribution in [2.45, 2.75) is 115 Å². The normalized spacial score (nSPS) is 57.4. The Kier molecular flexibility index (Phi) is 6.86. The van der Waals surface area contributed by atoms with Gasteiger partial charge < -0.3 is 39.0 Å². The first-order valence-electron chi connectivity index (χ1n) is 13.0. The molecule has 5 saturated heterocycles. The highest BCUT2D eigenvalue weighted by Crippen LogP contribution is 2.50. The fraction of sp³-hybridized carbons (Fsp3) is 1.00. The molecule has 0 aromatic rings. The van der Waals surface area contributed by atoms with Gasteiger partial charge in [-0.25, -0.2) is 0 Å². The molecule has 5 rings (SSSR count). The first kappa shape index (κ1) is 24.4. The number of hydrogen-bond acceptors (Lipinski definition) is 8. The van der Waals surface area contributed by atoms with E-state index in [-0.39, 0.29) is 66.7 Å². The Morgan fingerprint density at radius 1 is 0.818 bits per heavy atom. The van der Waals surface area contributed by atoms with Crippen molar-refractivity contribution in [3.8, 4) is 0 Å². The minimum absolute atomic E-state index is 0.101. The van der Waals surface area contributed by atoms with Crippen molar-refractivity contribution >= 4 is 0 Å². The molecule has 0 unspecified atom stereocenters. The quantitative estimate of drug-likeness (QED) is 0.533. The lowest BCUT2D eigenvalue weighted by Gasteiger charge is -2.51. The molecular weight excluding hydrogens is 428 g/mol. The summed E-state index contributed by atoms with van der Waals surface area (Å²) in [5.74, 6) is -0.559. The van der Waals surface area contributed by atoms with Gasteiger partial charge in [0.2, 0.25) is 0 Å². The van der Waals surface area contributed by atoms with Gasteiger partial charge in [-0.3, -0.25) is 0 Å². The lowest BCUT2D eigenvalue weighted by Crippen LogP contribution is -2.60. The molecule has 190 valence electrons. The van der Waals surface area contributed by atoms with Crippen LogP contribution < -0.4 is 0 Å². The fourth-order valence-corrected chi connectivity index (χ4v) is 7.06. The van der Waals surface area contributed by atoms with E-state index in [9.17, 15) is 15.3 Å². The monoisotopic (exact) mass is 470 g/mol. The van der Waals surface area contributed by atoms with Gasteiger partial charge in [0.05, 0.1) is 49.8 Å². The minimum atomic E-state index is -1.02. The summed E-state index contributed by atoms with van der Waals surface area (Å²) in [4.78, 5) is 0. The van der Waals surface area contributed by atoms with E-state index in [0.717, 1.165) is 19.3 Å². The molecular formula is C25H42O8. The first-order chi connectivity index (χ1) is 15.7. The van der Waals surface area contributed by atoms with Crippen molar-refractivity contribution in [2.75, 3.05) is 13.2 Å². The van der Waals surface area contributed by atoms with Gasteiger partial charge in [-0.2, -0.15) is 0 Å². The van der Waals surface area contributed by atoms with Gasteiger partial charge in [0, 0.05) is 30.6 Å². The highest BCUT2D eigenvalue weighted by Gasteiger charge is 2.60. The highest BCUT2D eigenvalue weighted by molar-refractivity contribution is 5.04. The smallest absolute Gasteiger partial charge is 0.171 e. The molecule has 5 aliphatic rings. The molecule has 0 aromatic heterocycles. The summed E-state index contributed by atoms with van der Waals surface area (Å²) in [5.41, 5.74) is 0.